The fourth-order valence-electron chi connectivity index (χ4n) is 3.24. The number of nitrogens with two attached hydrogens (primary N) is 1. The molecule has 4 aromatic rings. The molecule has 1 atom stereocenters. The van der Waals surface area contributed by atoms with Gasteiger partial charge in [0.15, 0.2) is 35.0 Å². The van der Waals surface area contributed by atoms with Crippen LogP contribution >= 0.6 is 0 Å². The summed E-state index contributed by atoms with van der Waals surface area (Å²) in [4.78, 5) is 20.7. The highest BCUT2D eigenvalue weighted by molar-refractivity contribution is 5.98. The topological polar surface area (TPSA) is 139 Å². The van der Waals surface area contributed by atoms with Crippen molar-refractivity contribution in [3.05, 3.63) is 59.9 Å². The van der Waals surface area contributed by atoms with Crippen LogP contribution in [0.4, 0.5) is 0 Å². The molecule has 0 saturated heterocycles. The summed E-state index contributed by atoms with van der Waals surface area (Å²) in [5.74, 6) is 1.36. The van der Waals surface area contributed by atoms with Gasteiger partial charge in [-0.15, -0.1) is 5.10 Å². The highest BCUT2D eigenvalue weighted by Crippen LogP contribution is 2.28. The first-order valence-electron chi connectivity index (χ1n) is 9.60. The number of aromatic nitrogens is 4. The fourth-order valence-corrected chi connectivity index (χ4v) is 3.24. The zero-order valence-electron chi connectivity index (χ0n) is 17.7. The summed E-state index contributed by atoms with van der Waals surface area (Å²) < 4.78 is 22.8. The number of carbonyl (C=O) groups excluding carboxylic acids is 1. The summed E-state index contributed by atoms with van der Waals surface area (Å²) in [5, 5.41) is 7.76. The predicted octanol–water partition coefficient (Wildman–Crippen LogP) is 1.94. The van der Waals surface area contributed by atoms with E-state index >= 15 is 0 Å². The number of primary amides is 1. The molecular weight excluding hydrogens is 416 g/mol. The predicted molar refractivity (Wildman–Crippen MR) is 113 cm³/mol. The summed E-state index contributed by atoms with van der Waals surface area (Å²) >= 11 is 0. The Bertz CT molecular complexity index is 1240. The standard InChI is InChI=1S/C21H22N6O5/c1-29-15-5-4-12(8-16(15)30-2)9-24-21(31-3)20-23-10-14(17(22)28)19-25-18(26-27(19)20)13-6-7-32-11-13/h4-8,10-11,21,24H,9H2,1-3H3,(H2,22,28). The van der Waals surface area contributed by atoms with Crippen LogP contribution in [0.1, 0.15) is 28.0 Å². The number of benzene rings is 1. The molecule has 0 bridgehead atoms. The minimum atomic E-state index is -0.661. The highest BCUT2D eigenvalue weighted by Gasteiger charge is 2.22. The number of fused-ring (bicyclic) bond motifs is 1. The van der Waals surface area contributed by atoms with Gasteiger partial charge >= 0.3 is 0 Å². The van der Waals surface area contributed by atoms with Crippen LogP contribution in [0.25, 0.3) is 17.0 Å². The number of carbonyl (C=O) groups is 1. The Morgan fingerprint density at radius 2 is 2.03 bits per heavy atom. The molecule has 166 valence electrons. The summed E-state index contributed by atoms with van der Waals surface area (Å²) in [6.45, 7) is 0.433. The number of rotatable bonds is 9. The summed E-state index contributed by atoms with van der Waals surface area (Å²) in [7, 11) is 4.70. The van der Waals surface area contributed by atoms with Gasteiger partial charge in [0.1, 0.15) is 11.8 Å². The number of furan rings is 1. The molecule has 1 unspecified atom stereocenters. The van der Waals surface area contributed by atoms with Crippen LogP contribution in [-0.4, -0.2) is 46.8 Å². The van der Waals surface area contributed by atoms with Crippen molar-refractivity contribution in [1.82, 2.24) is 24.9 Å². The number of nitrogens with zero attached hydrogens (tertiary/aromatic N) is 4. The van der Waals surface area contributed by atoms with Crippen LogP contribution in [0.2, 0.25) is 0 Å². The molecule has 0 aliphatic carbocycles. The van der Waals surface area contributed by atoms with Crippen LogP contribution in [0, 0.1) is 0 Å². The molecule has 11 nitrogen and oxygen atoms in total. The molecule has 32 heavy (non-hydrogen) atoms. The van der Waals surface area contributed by atoms with Crippen LogP contribution in [-0.2, 0) is 11.3 Å². The van der Waals surface area contributed by atoms with Gasteiger partial charge in [-0.3, -0.25) is 10.1 Å². The number of amides is 1. The van der Waals surface area contributed by atoms with Gasteiger partial charge in [0, 0.05) is 19.9 Å². The van der Waals surface area contributed by atoms with Gasteiger partial charge in [-0.1, -0.05) is 6.07 Å². The Morgan fingerprint density at radius 3 is 2.69 bits per heavy atom. The highest BCUT2D eigenvalue weighted by atomic mass is 16.5. The third-order valence-corrected chi connectivity index (χ3v) is 4.85. The zero-order valence-corrected chi connectivity index (χ0v) is 17.7. The quantitative estimate of drug-likeness (QED) is 0.375. The first-order chi connectivity index (χ1) is 15.5. The van der Waals surface area contributed by atoms with Crippen molar-refractivity contribution in [2.75, 3.05) is 21.3 Å². The van der Waals surface area contributed by atoms with E-state index < -0.39 is 12.1 Å². The maximum atomic E-state index is 11.9. The van der Waals surface area contributed by atoms with Crippen molar-refractivity contribution in [2.24, 2.45) is 5.73 Å². The molecule has 11 heteroatoms. The molecule has 0 aliphatic rings. The molecule has 3 aromatic heterocycles. The number of nitrogens with one attached hydrogen (secondary N) is 1. The van der Waals surface area contributed by atoms with E-state index in [0.29, 0.717) is 35.3 Å². The Kier molecular flexibility index (Phi) is 6.01. The molecule has 1 aromatic carbocycles. The number of hydrogen-bond donors (Lipinski definition) is 2. The molecule has 0 fully saturated rings. The summed E-state index contributed by atoms with van der Waals surface area (Å²) in [5.41, 5.74) is 7.51. The number of ether oxygens (including phenoxy) is 3. The molecule has 0 radical (unpaired) electrons. The van der Waals surface area contributed by atoms with E-state index in [1.807, 2.05) is 18.2 Å². The van der Waals surface area contributed by atoms with E-state index in [9.17, 15) is 4.79 Å². The second kappa shape index (κ2) is 9.04. The maximum Gasteiger partial charge on any atom is 0.254 e. The molecule has 0 saturated carbocycles. The van der Waals surface area contributed by atoms with Crippen molar-refractivity contribution in [3.8, 4) is 22.9 Å². The molecule has 4 rings (SSSR count). The number of hydrogen-bond acceptors (Lipinski definition) is 9. The van der Waals surface area contributed by atoms with Crippen LogP contribution < -0.4 is 20.5 Å². The summed E-state index contributed by atoms with van der Waals surface area (Å²) in [6.07, 6.45) is 3.73. The molecule has 0 spiro atoms. The molecule has 3 heterocycles. The van der Waals surface area contributed by atoms with E-state index in [-0.39, 0.29) is 11.2 Å². The molecular formula is C21H22N6O5. The monoisotopic (exact) mass is 438 g/mol. The van der Waals surface area contributed by atoms with E-state index in [0.717, 1.165) is 5.56 Å². The first kappa shape index (κ1) is 21.3. The van der Waals surface area contributed by atoms with Gasteiger partial charge in [-0.2, -0.15) is 4.52 Å². The minimum Gasteiger partial charge on any atom is -0.493 e. The van der Waals surface area contributed by atoms with E-state index in [2.05, 4.69) is 20.4 Å². The van der Waals surface area contributed by atoms with Crippen molar-refractivity contribution < 1.29 is 23.4 Å². The van der Waals surface area contributed by atoms with Crippen molar-refractivity contribution in [1.29, 1.82) is 0 Å². The van der Waals surface area contributed by atoms with E-state index in [1.165, 1.54) is 30.3 Å². The van der Waals surface area contributed by atoms with Crippen LogP contribution in [0.15, 0.2) is 47.4 Å². The van der Waals surface area contributed by atoms with Gasteiger partial charge in [0.05, 0.1) is 26.0 Å². The second-order valence-corrected chi connectivity index (χ2v) is 6.76. The average molecular weight is 438 g/mol. The van der Waals surface area contributed by atoms with Gasteiger partial charge in [0.2, 0.25) is 0 Å². The maximum absolute atomic E-state index is 11.9. The Morgan fingerprint density at radius 1 is 1.22 bits per heavy atom. The SMILES string of the molecule is COc1ccc(CNC(OC)c2ncc(C(N)=O)c3nc(-c4ccoc4)nn23)cc1OC. The third kappa shape index (κ3) is 3.98. The lowest BCUT2D eigenvalue weighted by Gasteiger charge is -2.18. The first-order valence-corrected chi connectivity index (χ1v) is 9.60. The van der Waals surface area contributed by atoms with Crippen molar-refractivity contribution in [2.45, 2.75) is 12.8 Å². The minimum absolute atomic E-state index is 0.144. The normalized spacial score (nSPS) is 12.1. The Hall–Kier alpha value is -3.96. The fraction of sp³-hybridized carbons (Fsp3) is 0.238. The lowest BCUT2D eigenvalue weighted by molar-refractivity contribution is 0.0628. The van der Waals surface area contributed by atoms with Gasteiger partial charge in [-0.05, 0) is 23.8 Å². The largest absolute Gasteiger partial charge is 0.493 e. The lowest BCUT2D eigenvalue weighted by atomic mass is 10.2. The third-order valence-electron chi connectivity index (χ3n) is 4.85. The smallest absolute Gasteiger partial charge is 0.254 e. The van der Waals surface area contributed by atoms with Crippen molar-refractivity contribution >= 4 is 11.6 Å². The zero-order chi connectivity index (χ0) is 22.7. The average Bonchev–Trinajstić information content (AvgIpc) is 3.49. The van der Waals surface area contributed by atoms with E-state index in [4.69, 9.17) is 24.4 Å². The summed E-state index contributed by atoms with van der Waals surface area (Å²) in [6, 6.07) is 7.32. The number of methoxy groups -OCH3 is 3. The van der Waals surface area contributed by atoms with Gasteiger partial charge in [-0.25, -0.2) is 9.97 Å². The van der Waals surface area contributed by atoms with Crippen LogP contribution in [0.5, 0.6) is 11.5 Å². The van der Waals surface area contributed by atoms with Crippen molar-refractivity contribution in [3.63, 3.8) is 0 Å². The molecule has 3 N–H and O–H groups in total. The van der Waals surface area contributed by atoms with Gasteiger partial charge < -0.3 is 24.4 Å². The second-order valence-electron chi connectivity index (χ2n) is 6.76. The molecule has 1 amide bonds. The Labute approximate surface area is 183 Å². The molecule has 0 aliphatic heterocycles. The Balaban J connectivity index is 1.68. The van der Waals surface area contributed by atoms with E-state index in [1.54, 1.807) is 20.3 Å². The lowest BCUT2D eigenvalue weighted by Crippen LogP contribution is -2.27. The van der Waals surface area contributed by atoms with Crippen LogP contribution in [0.3, 0.4) is 0 Å². The van der Waals surface area contributed by atoms with Gasteiger partial charge in [0.25, 0.3) is 5.91 Å².